The van der Waals surface area contributed by atoms with Gasteiger partial charge in [0.05, 0.1) is 19.3 Å². The number of nitrogens with zero attached hydrogens (tertiary/aromatic N) is 1. The van der Waals surface area contributed by atoms with Crippen LogP contribution in [0.1, 0.15) is 12.5 Å². The van der Waals surface area contributed by atoms with E-state index >= 15 is 0 Å². The molecular formula is C16H23NO4. The van der Waals surface area contributed by atoms with Gasteiger partial charge in [-0.25, -0.2) is 0 Å². The van der Waals surface area contributed by atoms with E-state index in [1.54, 1.807) is 13.1 Å². The molecule has 1 aromatic rings. The number of amides is 1. The zero-order valence-electron chi connectivity index (χ0n) is 12.8. The number of hydrogen-bond donors (Lipinski definition) is 1. The number of aliphatic hydroxyl groups is 1. The van der Waals surface area contributed by atoms with Crippen LogP contribution >= 0.6 is 0 Å². The fraction of sp³-hybridized carbons (Fsp3) is 0.438. The summed E-state index contributed by atoms with van der Waals surface area (Å²) in [5.74, 6) is 0.558. The third kappa shape index (κ3) is 5.97. The van der Waals surface area contributed by atoms with Crippen molar-refractivity contribution in [2.24, 2.45) is 0 Å². The Morgan fingerprint density at radius 2 is 2.14 bits per heavy atom. The van der Waals surface area contributed by atoms with Crippen LogP contribution in [0, 0.1) is 0 Å². The smallest absolute Gasteiger partial charge is 0.246 e. The van der Waals surface area contributed by atoms with Gasteiger partial charge in [-0.2, -0.15) is 0 Å². The molecule has 116 valence electrons. The van der Waals surface area contributed by atoms with Crippen LogP contribution in [0.15, 0.2) is 30.3 Å². The van der Waals surface area contributed by atoms with E-state index in [2.05, 4.69) is 0 Å². The molecule has 0 spiro atoms. The molecule has 0 fully saturated rings. The van der Waals surface area contributed by atoms with Crippen molar-refractivity contribution in [3.63, 3.8) is 0 Å². The lowest BCUT2D eigenvalue weighted by Crippen LogP contribution is -2.35. The van der Waals surface area contributed by atoms with Crippen LogP contribution in [-0.2, 0) is 9.53 Å². The van der Waals surface area contributed by atoms with Crippen molar-refractivity contribution in [2.45, 2.75) is 13.0 Å². The van der Waals surface area contributed by atoms with E-state index in [0.717, 1.165) is 11.3 Å². The van der Waals surface area contributed by atoms with E-state index in [4.69, 9.17) is 9.47 Å². The number of benzene rings is 1. The van der Waals surface area contributed by atoms with Crippen molar-refractivity contribution in [3.8, 4) is 5.75 Å². The number of carbonyl (C=O) groups is 1. The molecule has 1 unspecified atom stereocenters. The van der Waals surface area contributed by atoms with E-state index in [1.807, 2.05) is 31.2 Å². The molecule has 1 aromatic carbocycles. The van der Waals surface area contributed by atoms with Gasteiger partial charge < -0.3 is 19.5 Å². The maximum absolute atomic E-state index is 12.0. The van der Waals surface area contributed by atoms with Gasteiger partial charge in [0.25, 0.3) is 0 Å². The first-order valence-electron chi connectivity index (χ1n) is 6.90. The summed E-state index contributed by atoms with van der Waals surface area (Å²) >= 11 is 0. The highest BCUT2D eigenvalue weighted by Crippen LogP contribution is 2.19. The number of hydrogen-bond acceptors (Lipinski definition) is 4. The van der Waals surface area contributed by atoms with Crippen LogP contribution in [0.3, 0.4) is 0 Å². The number of methoxy groups -OCH3 is 1. The van der Waals surface area contributed by atoms with Crippen LogP contribution in [0.4, 0.5) is 0 Å². The molecular weight excluding hydrogens is 270 g/mol. The van der Waals surface area contributed by atoms with Gasteiger partial charge in [0.2, 0.25) is 5.91 Å². The lowest BCUT2D eigenvalue weighted by atomic mass is 10.2. The van der Waals surface area contributed by atoms with Crippen molar-refractivity contribution >= 4 is 12.0 Å². The fourth-order valence-electron chi connectivity index (χ4n) is 1.84. The van der Waals surface area contributed by atoms with Gasteiger partial charge in [-0.15, -0.1) is 0 Å². The van der Waals surface area contributed by atoms with Gasteiger partial charge in [-0.3, -0.25) is 4.79 Å². The van der Waals surface area contributed by atoms with Crippen LogP contribution in [0.25, 0.3) is 6.08 Å². The van der Waals surface area contributed by atoms with Crippen molar-refractivity contribution < 1.29 is 19.4 Å². The maximum atomic E-state index is 12.0. The summed E-state index contributed by atoms with van der Waals surface area (Å²) < 4.78 is 10.3. The molecule has 0 heterocycles. The molecule has 0 aromatic heterocycles. The second-order valence-electron chi connectivity index (χ2n) is 4.63. The van der Waals surface area contributed by atoms with Crippen molar-refractivity contribution in [2.75, 3.05) is 33.9 Å². The number of aliphatic hydroxyl groups excluding tert-OH is 1. The molecule has 1 atom stereocenters. The highest BCUT2D eigenvalue weighted by molar-refractivity contribution is 5.92. The average Bonchev–Trinajstić information content (AvgIpc) is 2.46. The normalized spacial score (nSPS) is 12.4. The van der Waals surface area contributed by atoms with Gasteiger partial charge >= 0.3 is 0 Å². The molecule has 21 heavy (non-hydrogen) atoms. The number of carbonyl (C=O) groups excluding carboxylic acids is 1. The van der Waals surface area contributed by atoms with Gasteiger partial charge in [-0.1, -0.05) is 18.2 Å². The molecule has 0 aliphatic carbocycles. The van der Waals surface area contributed by atoms with Crippen LogP contribution in [0.2, 0.25) is 0 Å². The van der Waals surface area contributed by atoms with E-state index in [1.165, 1.54) is 18.1 Å². The van der Waals surface area contributed by atoms with Gasteiger partial charge in [-0.05, 0) is 19.1 Å². The highest BCUT2D eigenvalue weighted by Gasteiger charge is 2.11. The van der Waals surface area contributed by atoms with Crippen LogP contribution in [0.5, 0.6) is 5.75 Å². The Morgan fingerprint density at radius 3 is 2.81 bits per heavy atom. The fourth-order valence-corrected chi connectivity index (χ4v) is 1.84. The lowest BCUT2D eigenvalue weighted by Gasteiger charge is -2.18. The molecule has 0 saturated heterocycles. The average molecular weight is 293 g/mol. The summed E-state index contributed by atoms with van der Waals surface area (Å²) in [6, 6.07) is 7.52. The zero-order valence-corrected chi connectivity index (χ0v) is 12.8. The predicted octanol–water partition coefficient (Wildman–Crippen LogP) is 1.56. The second kappa shape index (κ2) is 9.15. The Kier molecular flexibility index (Phi) is 7.50. The number of ether oxygens (including phenoxy) is 2. The Balaban J connectivity index is 2.65. The lowest BCUT2D eigenvalue weighted by molar-refractivity contribution is -0.126. The monoisotopic (exact) mass is 293 g/mol. The predicted molar refractivity (Wildman–Crippen MR) is 82.2 cm³/mol. The summed E-state index contributed by atoms with van der Waals surface area (Å²) in [6.45, 7) is 2.91. The summed E-state index contributed by atoms with van der Waals surface area (Å²) in [5, 5.41) is 9.60. The quantitative estimate of drug-likeness (QED) is 0.739. The Bertz CT molecular complexity index is 473. The van der Waals surface area contributed by atoms with Gasteiger partial charge in [0.1, 0.15) is 5.75 Å². The molecule has 0 radical (unpaired) electrons. The topological polar surface area (TPSA) is 59.0 Å². The van der Waals surface area contributed by atoms with Gasteiger partial charge in [0, 0.05) is 32.3 Å². The van der Waals surface area contributed by atoms with Crippen molar-refractivity contribution in [1.82, 2.24) is 4.90 Å². The first-order chi connectivity index (χ1) is 10.1. The third-order valence-electron chi connectivity index (χ3n) is 2.84. The van der Waals surface area contributed by atoms with E-state index in [-0.39, 0.29) is 19.1 Å². The maximum Gasteiger partial charge on any atom is 0.246 e. The molecule has 0 aliphatic rings. The molecule has 0 aliphatic heterocycles. The van der Waals surface area contributed by atoms with Crippen molar-refractivity contribution in [3.05, 3.63) is 35.9 Å². The molecule has 5 heteroatoms. The number of rotatable bonds is 8. The largest absolute Gasteiger partial charge is 0.493 e. The summed E-state index contributed by atoms with van der Waals surface area (Å²) in [7, 11) is 3.15. The van der Waals surface area contributed by atoms with E-state index < -0.39 is 6.10 Å². The summed E-state index contributed by atoms with van der Waals surface area (Å²) in [4.78, 5) is 13.4. The third-order valence-corrected chi connectivity index (χ3v) is 2.84. The zero-order chi connectivity index (χ0) is 15.7. The Morgan fingerprint density at radius 1 is 1.43 bits per heavy atom. The number of likely N-dealkylation sites (N-methyl/N-ethyl adjacent to an activating group) is 1. The standard InChI is InChI=1S/C16H23NO4/c1-4-21-15-8-6-5-7-13(15)9-10-16(19)17(2)11-14(18)12-20-3/h5-10,14,18H,4,11-12H2,1-3H3. The number of para-hydroxylation sites is 1. The second-order valence-corrected chi connectivity index (χ2v) is 4.63. The molecule has 1 amide bonds. The minimum absolute atomic E-state index is 0.184. The molecule has 5 nitrogen and oxygen atoms in total. The molecule has 0 saturated carbocycles. The summed E-state index contributed by atoms with van der Waals surface area (Å²) in [6.07, 6.45) is 2.50. The minimum atomic E-state index is -0.687. The first-order valence-corrected chi connectivity index (χ1v) is 6.90. The van der Waals surface area contributed by atoms with Crippen LogP contribution < -0.4 is 4.74 Å². The first kappa shape index (κ1) is 17.2. The summed E-state index contributed by atoms with van der Waals surface area (Å²) in [5.41, 5.74) is 0.846. The minimum Gasteiger partial charge on any atom is -0.493 e. The molecule has 1 rings (SSSR count). The van der Waals surface area contributed by atoms with Crippen molar-refractivity contribution in [1.29, 1.82) is 0 Å². The Hall–Kier alpha value is -1.85. The highest BCUT2D eigenvalue weighted by atomic mass is 16.5. The van der Waals surface area contributed by atoms with E-state index in [0.29, 0.717) is 6.61 Å². The van der Waals surface area contributed by atoms with Gasteiger partial charge in [0.15, 0.2) is 0 Å². The molecule has 0 bridgehead atoms. The SMILES string of the molecule is CCOc1ccccc1C=CC(=O)N(C)CC(O)COC. The molecule has 1 N–H and O–H groups in total. The van der Waals surface area contributed by atoms with Crippen LogP contribution in [-0.4, -0.2) is 55.9 Å². The Labute approximate surface area is 125 Å². The van der Waals surface area contributed by atoms with E-state index in [9.17, 15) is 9.90 Å².